The van der Waals surface area contributed by atoms with Crippen LogP contribution in [0.25, 0.3) is 0 Å². The van der Waals surface area contributed by atoms with Crippen LogP contribution in [0.3, 0.4) is 0 Å². The molecule has 1 aliphatic heterocycles. The summed E-state index contributed by atoms with van der Waals surface area (Å²) in [7, 11) is 1.71. The molecule has 2 rings (SSSR count). The van der Waals surface area contributed by atoms with E-state index in [1.54, 1.807) is 7.11 Å². The lowest BCUT2D eigenvalue weighted by atomic mass is 9.85. The second kappa shape index (κ2) is 6.59. The molecule has 1 aliphatic rings. The van der Waals surface area contributed by atoms with Gasteiger partial charge in [-0.15, -0.1) is 0 Å². The Morgan fingerprint density at radius 3 is 2.70 bits per heavy atom. The van der Waals surface area contributed by atoms with Crippen molar-refractivity contribution in [2.75, 3.05) is 13.7 Å². The lowest BCUT2D eigenvalue weighted by Crippen LogP contribution is -2.45. The van der Waals surface area contributed by atoms with Crippen molar-refractivity contribution in [2.45, 2.75) is 46.4 Å². The zero-order valence-corrected chi connectivity index (χ0v) is 13.1. The van der Waals surface area contributed by atoms with E-state index in [0.717, 1.165) is 36.2 Å². The van der Waals surface area contributed by atoms with Crippen LogP contribution in [0.4, 0.5) is 0 Å². The van der Waals surface area contributed by atoms with Crippen LogP contribution in [-0.2, 0) is 13.2 Å². The topological polar surface area (TPSA) is 32.7 Å². The molecule has 0 aliphatic carbocycles. The molecule has 3 nitrogen and oxygen atoms in total. The molecule has 1 aromatic carbocycles. The van der Waals surface area contributed by atoms with Gasteiger partial charge in [-0.05, 0) is 42.9 Å². The molecular weight excluding hydrogens is 250 g/mol. The van der Waals surface area contributed by atoms with Gasteiger partial charge in [-0.1, -0.05) is 19.9 Å². The first-order valence-electron chi connectivity index (χ1n) is 7.55. The zero-order valence-electron chi connectivity index (χ0n) is 13.1. The van der Waals surface area contributed by atoms with Gasteiger partial charge in [0.15, 0.2) is 0 Å². The molecule has 1 aromatic rings. The normalized spacial score (nSPS) is 27.6. The minimum atomic E-state index is 0.0827. The Kier molecular flexibility index (Phi) is 5.06. The van der Waals surface area contributed by atoms with Gasteiger partial charge in [0.25, 0.3) is 0 Å². The van der Waals surface area contributed by atoms with Gasteiger partial charge in [-0.3, -0.25) is 4.90 Å². The molecule has 0 spiro atoms. The van der Waals surface area contributed by atoms with Crippen LogP contribution in [0.15, 0.2) is 18.2 Å². The highest BCUT2D eigenvalue weighted by atomic mass is 16.5. The number of rotatable bonds is 4. The Bertz CT molecular complexity index is 447. The fourth-order valence-corrected chi connectivity index (χ4v) is 3.31. The predicted octanol–water partition coefficient (Wildman–Crippen LogP) is 3.05. The number of ether oxygens (including phenoxy) is 1. The summed E-state index contributed by atoms with van der Waals surface area (Å²) in [4.78, 5) is 2.54. The minimum absolute atomic E-state index is 0.0827. The highest BCUT2D eigenvalue weighted by molar-refractivity contribution is 5.37. The maximum absolute atomic E-state index is 9.31. The molecule has 1 N–H and O–H groups in total. The molecule has 0 bridgehead atoms. The van der Waals surface area contributed by atoms with Crippen molar-refractivity contribution in [3.63, 3.8) is 0 Å². The van der Waals surface area contributed by atoms with E-state index in [0.29, 0.717) is 6.04 Å². The van der Waals surface area contributed by atoms with Crippen molar-refractivity contribution in [1.82, 2.24) is 4.90 Å². The first kappa shape index (κ1) is 15.3. The number of hydrogen-bond acceptors (Lipinski definition) is 3. The molecule has 20 heavy (non-hydrogen) atoms. The van der Waals surface area contributed by atoms with Crippen LogP contribution >= 0.6 is 0 Å². The van der Waals surface area contributed by atoms with E-state index in [1.807, 2.05) is 12.1 Å². The van der Waals surface area contributed by atoms with E-state index in [4.69, 9.17) is 4.74 Å². The molecule has 0 amide bonds. The molecule has 112 valence electrons. The van der Waals surface area contributed by atoms with E-state index in [2.05, 4.69) is 31.7 Å². The summed E-state index contributed by atoms with van der Waals surface area (Å²) in [6.45, 7) is 9.11. The molecule has 3 heteroatoms. The van der Waals surface area contributed by atoms with Crippen LogP contribution in [0.5, 0.6) is 5.75 Å². The fraction of sp³-hybridized carbons (Fsp3) is 0.647. The lowest BCUT2D eigenvalue weighted by molar-refractivity contribution is 0.0722. The van der Waals surface area contributed by atoms with Gasteiger partial charge in [0, 0.05) is 24.7 Å². The van der Waals surface area contributed by atoms with Crippen molar-refractivity contribution in [2.24, 2.45) is 11.8 Å². The summed E-state index contributed by atoms with van der Waals surface area (Å²) in [5.41, 5.74) is 2.12. The molecule has 0 radical (unpaired) electrons. The van der Waals surface area contributed by atoms with E-state index in [1.165, 1.54) is 12.0 Å². The Labute approximate surface area is 122 Å². The number of aliphatic hydroxyl groups excluding tert-OH is 1. The van der Waals surface area contributed by atoms with Crippen LogP contribution in [-0.4, -0.2) is 29.7 Å². The van der Waals surface area contributed by atoms with Gasteiger partial charge in [-0.25, -0.2) is 0 Å². The fourth-order valence-electron chi connectivity index (χ4n) is 3.31. The molecule has 1 saturated heterocycles. The van der Waals surface area contributed by atoms with Gasteiger partial charge in [0.2, 0.25) is 0 Å². The molecule has 3 unspecified atom stereocenters. The summed E-state index contributed by atoms with van der Waals surface area (Å²) in [5, 5.41) is 9.31. The van der Waals surface area contributed by atoms with Gasteiger partial charge in [-0.2, -0.15) is 0 Å². The molecule has 0 saturated carbocycles. The molecular formula is C17H27NO2. The summed E-state index contributed by atoms with van der Waals surface area (Å²) in [5.74, 6) is 2.39. The smallest absolute Gasteiger partial charge is 0.123 e. The third kappa shape index (κ3) is 3.33. The molecule has 1 fully saturated rings. The third-order valence-corrected chi connectivity index (χ3v) is 4.62. The largest absolute Gasteiger partial charge is 0.496 e. The number of piperidine rings is 1. The zero-order chi connectivity index (χ0) is 14.7. The monoisotopic (exact) mass is 277 g/mol. The van der Waals surface area contributed by atoms with Crippen molar-refractivity contribution in [3.8, 4) is 5.75 Å². The SMILES string of the molecule is COc1ccc(CO)cc1CN1CC(C)CC(C)C1C. The Hall–Kier alpha value is -1.06. The summed E-state index contributed by atoms with van der Waals surface area (Å²) in [6, 6.07) is 6.54. The van der Waals surface area contributed by atoms with Gasteiger partial charge in [0.05, 0.1) is 13.7 Å². The van der Waals surface area contributed by atoms with Crippen molar-refractivity contribution in [1.29, 1.82) is 0 Å². The predicted molar refractivity (Wildman–Crippen MR) is 81.7 cm³/mol. The van der Waals surface area contributed by atoms with Crippen LogP contribution in [0, 0.1) is 11.8 Å². The van der Waals surface area contributed by atoms with Crippen molar-refractivity contribution >= 4 is 0 Å². The highest BCUT2D eigenvalue weighted by Crippen LogP contribution is 2.30. The second-order valence-corrected chi connectivity index (χ2v) is 6.29. The third-order valence-electron chi connectivity index (χ3n) is 4.62. The summed E-state index contributed by atoms with van der Waals surface area (Å²) in [6.07, 6.45) is 1.31. The quantitative estimate of drug-likeness (QED) is 0.918. The number of methoxy groups -OCH3 is 1. The minimum Gasteiger partial charge on any atom is -0.496 e. The van der Waals surface area contributed by atoms with Crippen molar-refractivity contribution in [3.05, 3.63) is 29.3 Å². The van der Waals surface area contributed by atoms with Gasteiger partial charge in [0.1, 0.15) is 5.75 Å². The second-order valence-electron chi connectivity index (χ2n) is 6.29. The average molecular weight is 277 g/mol. The number of nitrogens with zero attached hydrogens (tertiary/aromatic N) is 1. The first-order chi connectivity index (χ1) is 9.55. The summed E-state index contributed by atoms with van der Waals surface area (Å²) >= 11 is 0. The van der Waals surface area contributed by atoms with Crippen LogP contribution in [0.1, 0.15) is 38.3 Å². The van der Waals surface area contributed by atoms with Crippen molar-refractivity contribution < 1.29 is 9.84 Å². The number of hydrogen-bond donors (Lipinski definition) is 1. The molecule has 1 heterocycles. The highest BCUT2D eigenvalue weighted by Gasteiger charge is 2.29. The van der Waals surface area contributed by atoms with E-state index in [-0.39, 0.29) is 6.61 Å². The van der Waals surface area contributed by atoms with E-state index < -0.39 is 0 Å². The number of aliphatic hydroxyl groups is 1. The van der Waals surface area contributed by atoms with E-state index >= 15 is 0 Å². The van der Waals surface area contributed by atoms with Crippen LogP contribution < -0.4 is 4.74 Å². The van der Waals surface area contributed by atoms with Gasteiger partial charge >= 0.3 is 0 Å². The van der Waals surface area contributed by atoms with E-state index in [9.17, 15) is 5.11 Å². The Morgan fingerprint density at radius 2 is 2.05 bits per heavy atom. The number of benzene rings is 1. The molecule has 0 aromatic heterocycles. The molecule has 3 atom stereocenters. The first-order valence-corrected chi connectivity index (χ1v) is 7.55. The maximum atomic E-state index is 9.31. The van der Waals surface area contributed by atoms with Crippen LogP contribution in [0.2, 0.25) is 0 Å². The number of likely N-dealkylation sites (tertiary alicyclic amines) is 1. The van der Waals surface area contributed by atoms with Gasteiger partial charge < -0.3 is 9.84 Å². The Morgan fingerprint density at radius 1 is 1.30 bits per heavy atom. The average Bonchev–Trinajstić information content (AvgIpc) is 2.44. The Balaban J connectivity index is 2.19. The maximum Gasteiger partial charge on any atom is 0.123 e. The standard InChI is InChI=1S/C17H27NO2/c1-12-7-13(2)14(3)18(9-12)10-16-8-15(11-19)5-6-17(16)20-4/h5-6,8,12-14,19H,7,9-11H2,1-4H3. The lowest BCUT2D eigenvalue weighted by Gasteiger charge is -2.41. The summed E-state index contributed by atoms with van der Waals surface area (Å²) < 4.78 is 5.47.